The Kier molecular flexibility index (Phi) is 5.32. The highest BCUT2D eigenvalue weighted by Gasteiger charge is 2.06. The van der Waals surface area contributed by atoms with Crippen molar-refractivity contribution in [2.45, 2.75) is 20.0 Å². The summed E-state index contributed by atoms with van der Waals surface area (Å²) in [6.07, 6.45) is 0.885. The molecule has 0 aliphatic heterocycles. The molecule has 0 amide bonds. The number of halogens is 2. The number of methoxy groups -OCH3 is 1. The third-order valence-corrected chi connectivity index (χ3v) is 3.90. The lowest BCUT2D eigenvalue weighted by atomic mass is 10.1. The largest absolute Gasteiger partial charge is 0.496 e. The van der Waals surface area contributed by atoms with Crippen molar-refractivity contribution in [2.24, 2.45) is 0 Å². The highest BCUT2D eigenvalue weighted by Crippen LogP contribution is 2.26. The van der Waals surface area contributed by atoms with E-state index in [1.807, 2.05) is 36.4 Å². The Labute approximate surface area is 132 Å². The fourth-order valence-electron chi connectivity index (χ4n) is 1.93. The summed E-state index contributed by atoms with van der Waals surface area (Å²) >= 11 is 9.56. The van der Waals surface area contributed by atoms with Gasteiger partial charge >= 0.3 is 0 Å². The summed E-state index contributed by atoms with van der Waals surface area (Å²) in [5.74, 6) is 1.63. The summed E-state index contributed by atoms with van der Waals surface area (Å²) in [5.41, 5.74) is 2.08. The molecule has 0 N–H and O–H groups in total. The SMILES string of the molecule is CCc1cc(OCc2cc(Br)ccc2OC)ccc1Cl. The molecule has 0 atom stereocenters. The second-order valence-electron chi connectivity index (χ2n) is 4.35. The average Bonchev–Trinajstić information content (AvgIpc) is 2.46. The zero-order chi connectivity index (χ0) is 14.5. The molecule has 0 aliphatic carbocycles. The van der Waals surface area contributed by atoms with Gasteiger partial charge < -0.3 is 9.47 Å². The van der Waals surface area contributed by atoms with E-state index in [0.29, 0.717) is 6.61 Å². The summed E-state index contributed by atoms with van der Waals surface area (Å²) < 4.78 is 12.2. The van der Waals surface area contributed by atoms with Gasteiger partial charge in [-0.3, -0.25) is 0 Å². The molecule has 2 nitrogen and oxygen atoms in total. The van der Waals surface area contributed by atoms with Crippen LogP contribution in [-0.2, 0) is 13.0 Å². The molecule has 0 fully saturated rings. The molecule has 106 valence electrons. The smallest absolute Gasteiger partial charge is 0.125 e. The summed E-state index contributed by atoms with van der Waals surface area (Å²) in [7, 11) is 1.66. The first-order valence-electron chi connectivity index (χ1n) is 6.37. The van der Waals surface area contributed by atoms with E-state index in [2.05, 4.69) is 22.9 Å². The number of ether oxygens (including phenoxy) is 2. The first-order valence-corrected chi connectivity index (χ1v) is 7.54. The summed E-state index contributed by atoms with van der Waals surface area (Å²) in [4.78, 5) is 0. The number of benzene rings is 2. The van der Waals surface area contributed by atoms with Crippen LogP contribution in [0.2, 0.25) is 5.02 Å². The van der Waals surface area contributed by atoms with Crippen molar-refractivity contribution in [3.8, 4) is 11.5 Å². The maximum absolute atomic E-state index is 6.10. The molecule has 4 heteroatoms. The third-order valence-electron chi connectivity index (χ3n) is 3.03. The minimum Gasteiger partial charge on any atom is -0.496 e. The second kappa shape index (κ2) is 7.00. The van der Waals surface area contributed by atoms with Crippen molar-refractivity contribution in [3.63, 3.8) is 0 Å². The molecule has 0 unspecified atom stereocenters. The Morgan fingerprint density at radius 3 is 2.60 bits per heavy atom. The van der Waals surface area contributed by atoms with E-state index in [9.17, 15) is 0 Å². The van der Waals surface area contributed by atoms with Gasteiger partial charge in [0.05, 0.1) is 7.11 Å². The Morgan fingerprint density at radius 1 is 1.10 bits per heavy atom. The zero-order valence-corrected chi connectivity index (χ0v) is 13.8. The van der Waals surface area contributed by atoms with Crippen molar-refractivity contribution in [1.29, 1.82) is 0 Å². The van der Waals surface area contributed by atoms with Gasteiger partial charge in [-0.25, -0.2) is 0 Å². The van der Waals surface area contributed by atoms with Crippen LogP contribution in [-0.4, -0.2) is 7.11 Å². The average molecular weight is 356 g/mol. The van der Waals surface area contributed by atoms with Crippen LogP contribution in [0.15, 0.2) is 40.9 Å². The van der Waals surface area contributed by atoms with Gasteiger partial charge in [0.25, 0.3) is 0 Å². The van der Waals surface area contributed by atoms with E-state index < -0.39 is 0 Å². The third kappa shape index (κ3) is 3.68. The second-order valence-corrected chi connectivity index (χ2v) is 5.67. The normalized spacial score (nSPS) is 10.4. The van der Waals surface area contributed by atoms with Gasteiger partial charge in [-0.15, -0.1) is 0 Å². The van der Waals surface area contributed by atoms with Crippen LogP contribution < -0.4 is 9.47 Å². The van der Waals surface area contributed by atoms with E-state index in [1.54, 1.807) is 7.11 Å². The van der Waals surface area contributed by atoms with Crippen LogP contribution in [0.3, 0.4) is 0 Å². The number of hydrogen-bond acceptors (Lipinski definition) is 2. The molecule has 0 bridgehead atoms. The van der Waals surface area contributed by atoms with Gasteiger partial charge in [-0.2, -0.15) is 0 Å². The van der Waals surface area contributed by atoms with E-state index in [1.165, 1.54) is 0 Å². The van der Waals surface area contributed by atoms with Gasteiger partial charge in [0.15, 0.2) is 0 Å². The van der Waals surface area contributed by atoms with E-state index in [0.717, 1.165) is 38.5 Å². The molecule has 0 saturated heterocycles. The lowest BCUT2D eigenvalue weighted by molar-refractivity contribution is 0.296. The minimum absolute atomic E-state index is 0.452. The fourth-order valence-corrected chi connectivity index (χ4v) is 2.59. The van der Waals surface area contributed by atoms with E-state index in [4.69, 9.17) is 21.1 Å². The van der Waals surface area contributed by atoms with Crippen LogP contribution in [0.1, 0.15) is 18.1 Å². The summed E-state index contributed by atoms with van der Waals surface area (Å²) in [6.45, 7) is 2.52. The van der Waals surface area contributed by atoms with Gasteiger partial charge in [0.1, 0.15) is 18.1 Å². The Morgan fingerprint density at radius 2 is 1.90 bits per heavy atom. The van der Waals surface area contributed by atoms with Crippen LogP contribution in [0.5, 0.6) is 11.5 Å². The lowest BCUT2D eigenvalue weighted by Crippen LogP contribution is -1.99. The molecule has 20 heavy (non-hydrogen) atoms. The maximum Gasteiger partial charge on any atom is 0.125 e. The number of aryl methyl sites for hydroxylation is 1. The molecule has 2 aromatic rings. The maximum atomic E-state index is 6.10. The number of rotatable bonds is 5. The quantitative estimate of drug-likeness (QED) is 0.729. The molecular weight excluding hydrogens is 340 g/mol. The van der Waals surface area contributed by atoms with Gasteiger partial charge in [0.2, 0.25) is 0 Å². The molecule has 2 rings (SSSR count). The summed E-state index contributed by atoms with van der Waals surface area (Å²) in [6, 6.07) is 11.6. The predicted octanol–water partition coefficient (Wildman–Crippen LogP) is 5.25. The molecular formula is C16H16BrClO2. The number of hydrogen-bond donors (Lipinski definition) is 0. The van der Waals surface area contributed by atoms with Crippen molar-refractivity contribution < 1.29 is 9.47 Å². The Hall–Kier alpha value is -1.19. The highest BCUT2D eigenvalue weighted by atomic mass is 79.9. The first-order chi connectivity index (χ1) is 9.63. The van der Waals surface area contributed by atoms with Crippen molar-refractivity contribution in [3.05, 3.63) is 57.0 Å². The zero-order valence-electron chi connectivity index (χ0n) is 11.5. The molecule has 0 aromatic heterocycles. The Bertz CT molecular complexity index is 599. The van der Waals surface area contributed by atoms with E-state index in [-0.39, 0.29) is 0 Å². The van der Waals surface area contributed by atoms with E-state index >= 15 is 0 Å². The Balaban J connectivity index is 2.14. The van der Waals surface area contributed by atoms with Crippen LogP contribution in [0.4, 0.5) is 0 Å². The highest BCUT2D eigenvalue weighted by molar-refractivity contribution is 9.10. The molecule has 0 heterocycles. The first kappa shape index (κ1) is 15.2. The molecule has 0 spiro atoms. The summed E-state index contributed by atoms with van der Waals surface area (Å²) in [5, 5.41) is 0.778. The van der Waals surface area contributed by atoms with Crippen molar-refractivity contribution >= 4 is 27.5 Å². The van der Waals surface area contributed by atoms with Crippen LogP contribution in [0.25, 0.3) is 0 Å². The molecule has 0 radical (unpaired) electrons. The topological polar surface area (TPSA) is 18.5 Å². The molecule has 0 aliphatic rings. The van der Waals surface area contributed by atoms with Crippen LogP contribution in [0, 0.1) is 0 Å². The standard InChI is InChI=1S/C16H16BrClO2/c1-3-11-9-14(5-6-15(11)18)20-10-12-8-13(17)4-7-16(12)19-2/h4-9H,3,10H2,1-2H3. The minimum atomic E-state index is 0.452. The molecule has 2 aromatic carbocycles. The van der Waals surface area contributed by atoms with Gasteiger partial charge in [0, 0.05) is 15.1 Å². The lowest BCUT2D eigenvalue weighted by Gasteiger charge is -2.12. The van der Waals surface area contributed by atoms with Crippen molar-refractivity contribution in [1.82, 2.24) is 0 Å². The fraction of sp³-hybridized carbons (Fsp3) is 0.250. The molecule has 0 saturated carbocycles. The predicted molar refractivity (Wildman–Crippen MR) is 85.9 cm³/mol. The van der Waals surface area contributed by atoms with Gasteiger partial charge in [-0.05, 0) is 48.4 Å². The van der Waals surface area contributed by atoms with Crippen LogP contribution >= 0.6 is 27.5 Å². The monoisotopic (exact) mass is 354 g/mol. The van der Waals surface area contributed by atoms with Gasteiger partial charge in [-0.1, -0.05) is 34.5 Å². The van der Waals surface area contributed by atoms with Crippen molar-refractivity contribution in [2.75, 3.05) is 7.11 Å².